The van der Waals surface area contributed by atoms with E-state index in [1.54, 1.807) is 6.92 Å². The Morgan fingerprint density at radius 2 is 1.85 bits per heavy atom. The largest absolute Gasteiger partial charge is 0.475 e. The number of amides is 1. The van der Waals surface area contributed by atoms with Crippen molar-refractivity contribution >= 4 is 5.91 Å². The van der Waals surface area contributed by atoms with E-state index in [1.165, 1.54) is 19.1 Å². The fraction of sp³-hybridized carbons (Fsp3) is 0.500. The van der Waals surface area contributed by atoms with Crippen molar-refractivity contribution in [1.82, 2.24) is 10.6 Å². The lowest BCUT2D eigenvalue weighted by Crippen LogP contribution is -2.36. The van der Waals surface area contributed by atoms with E-state index in [2.05, 4.69) is 10.6 Å². The van der Waals surface area contributed by atoms with Crippen LogP contribution in [0.4, 0.5) is 8.78 Å². The van der Waals surface area contributed by atoms with Crippen LogP contribution in [0.1, 0.15) is 26.3 Å². The lowest BCUT2D eigenvalue weighted by Gasteiger charge is -2.16. The number of carbonyl (C=O) groups excluding carboxylic acids is 1. The Morgan fingerprint density at radius 1 is 1.25 bits per heavy atom. The predicted molar refractivity (Wildman–Crippen MR) is 72.5 cm³/mol. The SMILES string of the molecule is CCNCc1cc(F)c(OC(C)C(=O)NCC)c(F)c1. The highest BCUT2D eigenvalue weighted by atomic mass is 19.1. The van der Waals surface area contributed by atoms with Crippen molar-refractivity contribution in [3.05, 3.63) is 29.3 Å². The number of rotatable bonds is 7. The molecule has 0 fully saturated rings. The van der Waals surface area contributed by atoms with Gasteiger partial charge in [-0.05, 0) is 38.1 Å². The molecule has 0 heterocycles. The van der Waals surface area contributed by atoms with Gasteiger partial charge in [-0.2, -0.15) is 0 Å². The highest BCUT2D eigenvalue weighted by Crippen LogP contribution is 2.24. The van der Waals surface area contributed by atoms with E-state index in [4.69, 9.17) is 4.74 Å². The van der Waals surface area contributed by atoms with Crippen LogP contribution >= 0.6 is 0 Å². The number of ether oxygens (including phenoxy) is 1. The minimum absolute atomic E-state index is 0.372. The minimum atomic E-state index is -0.960. The average Bonchev–Trinajstić information content (AvgIpc) is 2.40. The summed E-state index contributed by atoms with van der Waals surface area (Å²) in [6, 6.07) is 2.40. The summed E-state index contributed by atoms with van der Waals surface area (Å²) in [6.07, 6.45) is -0.960. The zero-order valence-corrected chi connectivity index (χ0v) is 11.9. The third kappa shape index (κ3) is 4.45. The Hall–Kier alpha value is -1.69. The van der Waals surface area contributed by atoms with Crippen molar-refractivity contribution in [2.75, 3.05) is 13.1 Å². The van der Waals surface area contributed by atoms with Gasteiger partial charge in [0.2, 0.25) is 0 Å². The fourth-order valence-corrected chi connectivity index (χ4v) is 1.64. The van der Waals surface area contributed by atoms with Gasteiger partial charge in [0.05, 0.1) is 0 Å². The van der Waals surface area contributed by atoms with E-state index in [-0.39, 0.29) is 0 Å². The first kappa shape index (κ1) is 16.4. The van der Waals surface area contributed by atoms with Crippen LogP contribution in [0.2, 0.25) is 0 Å². The molecule has 112 valence electrons. The number of nitrogens with one attached hydrogen (secondary N) is 2. The van der Waals surface area contributed by atoms with E-state index >= 15 is 0 Å². The molecule has 1 unspecified atom stereocenters. The summed E-state index contributed by atoms with van der Waals surface area (Å²) < 4.78 is 32.7. The summed E-state index contributed by atoms with van der Waals surface area (Å²) in [5.74, 6) is -2.56. The Labute approximate surface area is 117 Å². The smallest absolute Gasteiger partial charge is 0.260 e. The van der Waals surface area contributed by atoms with Crippen LogP contribution in [0, 0.1) is 11.6 Å². The van der Waals surface area contributed by atoms with Crippen molar-refractivity contribution in [3.8, 4) is 5.75 Å². The Balaban J connectivity index is 2.83. The van der Waals surface area contributed by atoms with Crippen LogP contribution in [-0.4, -0.2) is 25.1 Å². The summed E-state index contributed by atoms with van der Waals surface area (Å²) >= 11 is 0. The van der Waals surface area contributed by atoms with Gasteiger partial charge in [0.15, 0.2) is 23.5 Å². The molecular weight excluding hydrogens is 266 g/mol. The quantitative estimate of drug-likeness (QED) is 0.806. The zero-order chi connectivity index (χ0) is 15.1. The second-order valence-electron chi connectivity index (χ2n) is 4.32. The molecule has 1 amide bonds. The first-order chi connectivity index (χ1) is 9.49. The van der Waals surface area contributed by atoms with E-state index in [9.17, 15) is 13.6 Å². The van der Waals surface area contributed by atoms with Crippen molar-refractivity contribution in [2.24, 2.45) is 0 Å². The Kier molecular flexibility index (Phi) is 6.38. The van der Waals surface area contributed by atoms with Crippen LogP contribution in [0.5, 0.6) is 5.75 Å². The molecule has 0 aliphatic carbocycles. The molecule has 1 atom stereocenters. The number of hydrogen-bond donors (Lipinski definition) is 2. The van der Waals surface area contributed by atoms with Crippen LogP contribution in [0.15, 0.2) is 12.1 Å². The summed E-state index contributed by atoms with van der Waals surface area (Å²) in [5.41, 5.74) is 0.486. The second kappa shape index (κ2) is 7.79. The molecule has 0 saturated heterocycles. The highest BCUT2D eigenvalue weighted by molar-refractivity contribution is 5.80. The summed E-state index contributed by atoms with van der Waals surface area (Å²) in [7, 11) is 0. The molecular formula is C14H20F2N2O2. The van der Waals surface area contributed by atoms with Crippen LogP contribution in [0.25, 0.3) is 0 Å². The number of benzene rings is 1. The van der Waals surface area contributed by atoms with Crippen molar-refractivity contribution in [3.63, 3.8) is 0 Å². The van der Waals surface area contributed by atoms with Crippen molar-refractivity contribution in [2.45, 2.75) is 33.4 Å². The van der Waals surface area contributed by atoms with Crippen molar-refractivity contribution < 1.29 is 18.3 Å². The average molecular weight is 286 g/mol. The molecule has 0 bridgehead atoms. The summed E-state index contributed by atoms with van der Waals surface area (Å²) in [4.78, 5) is 11.5. The van der Waals surface area contributed by atoms with Gasteiger partial charge in [-0.15, -0.1) is 0 Å². The van der Waals surface area contributed by atoms with Gasteiger partial charge < -0.3 is 15.4 Å². The fourth-order valence-electron chi connectivity index (χ4n) is 1.64. The summed E-state index contributed by atoms with van der Waals surface area (Å²) in [6.45, 7) is 6.60. The molecule has 0 saturated carbocycles. The van der Waals surface area contributed by atoms with Gasteiger partial charge in [-0.3, -0.25) is 4.79 Å². The Bertz CT molecular complexity index is 443. The maximum absolute atomic E-state index is 13.8. The van der Waals surface area contributed by atoms with Gasteiger partial charge in [0, 0.05) is 13.1 Å². The molecule has 2 N–H and O–H groups in total. The standard InChI is InChI=1S/C14H20F2N2O2/c1-4-17-8-10-6-11(15)13(12(16)7-10)20-9(3)14(19)18-5-2/h6-7,9,17H,4-5,8H2,1-3H3,(H,18,19). The molecule has 6 heteroatoms. The molecule has 1 aromatic rings. The van der Waals surface area contributed by atoms with Crippen LogP contribution in [0.3, 0.4) is 0 Å². The lowest BCUT2D eigenvalue weighted by atomic mass is 10.2. The molecule has 1 rings (SSSR count). The van der Waals surface area contributed by atoms with E-state index in [1.807, 2.05) is 6.92 Å². The minimum Gasteiger partial charge on any atom is -0.475 e. The van der Waals surface area contributed by atoms with E-state index < -0.39 is 29.4 Å². The van der Waals surface area contributed by atoms with E-state index in [0.717, 1.165) is 0 Å². The molecule has 20 heavy (non-hydrogen) atoms. The second-order valence-corrected chi connectivity index (χ2v) is 4.32. The maximum atomic E-state index is 13.8. The normalized spacial score (nSPS) is 12.1. The molecule has 0 radical (unpaired) electrons. The third-order valence-corrected chi connectivity index (χ3v) is 2.65. The molecule has 1 aromatic carbocycles. The zero-order valence-electron chi connectivity index (χ0n) is 11.9. The van der Waals surface area contributed by atoms with Gasteiger partial charge in [-0.25, -0.2) is 8.78 Å². The monoisotopic (exact) mass is 286 g/mol. The number of hydrogen-bond acceptors (Lipinski definition) is 3. The van der Waals surface area contributed by atoms with E-state index in [0.29, 0.717) is 25.2 Å². The van der Waals surface area contributed by atoms with Gasteiger partial charge in [0.25, 0.3) is 5.91 Å². The topological polar surface area (TPSA) is 50.4 Å². The van der Waals surface area contributed by atoms with Gasteiger partial charge in [-0.1, -0.05) is 6.92 Å². The molecule has 4 nitrogen and oxygen atoms in total. The highest BCUT2D eigenvalue weighted by Gasteiger charge is 2.19. The lowest BCUT2D eigenvalue weighted by molar-refractivity contribution is -0.127. The number of likely N-dealkylation sites (N-methyl/N-ethyl adjacent to an activating group) is 1. The molecule has 0 aliphatic heterocycles. The Morgan fingerprint density at radius 3 is 2.35 bits per heavy atom. The van der Waals surface area contributed by atoms with Gasteiger partial charge in [0.1, 0.15) is 0 Å². The first-order valence-electron chi connectivity index (χ1n) is 6.62. The number of halogens is 2. The summed E-state index contributed by atoms with van der Waals surface area (Å²) in [5, 5.41) is 5.50. The molecule has 0 aromatic heterocycles. The molecule has 0 aliphatic rings. The van der Waals surface area contributed by atoms with Crippen LogP contribution < -0.4 is 15.4 Å². The first-order valence-corrected chi connectivity index (χ1v) is 6.62. The van der Waals surface area contributed by atoms with Gasteiger partial charge >= 0.3 is 0 Å². The predicted octanol–water partition coefficient (Wildman–Crippen LogP) is 1.98. The number of carbonyl (C=O) groups is 1. The maximum Gasteiger partial charge on any atom is 0.260 e. The van der Waals surface area contributed by atoms with Crippen LogP contribution in [-0.2, 0) is 11.3 Å². The third-order valence-electron chi connectivity index (χ3n) is 2.65. The van der Waals surface area contributed by atoms with Crippen molar-refractivity contribution in [1.29, 1.82) is 0 Å². The molecule has 0 spiro atoms.